The molecule has 1 aromatic rings. The Kier molecular flexibility index (Phi) is 3.19. The van der Waals surface area contributed by atoms with Gasteiger partial charge in [-0.05, 0) is 12.8 Å². The summed E-state index contributed by atoms with van der Waals surface area (Å²) in [6.07, 6.45) is 4.53. The van der Waals surface area contributed by atoms with Gasteiger partial charge in [0.05, 0.1) is 0 Å². The van der Waals surface area contributed by atoms with Gasteiger partial charge in [0.2, 0.25) is 0 Å². The van der Waals surface area contributed by atoms with E-state index in [0.717, 1.165) is 12.8 Å². The van der Waals surface area contributed by atoms with Gasteiger partial charge in [-0.1, -0.05) is 17.7 Å². The van der Waals surface area contributed by atoms with Crippen molar-refractivity contribution >= 4 is 23.7 Å². The maximum absolute atomic E-state index is 10.8. The summed E-state index contributed by atoms with van der Waals surface area (Å²) in [4.78, 5) is 19.3. The molecule has 1 N–H and O–H groups in total. The molecule has 0 aliphatic heterocycles. The minimum absolute atomic E-state index is 0.255. The maximum atomic E-state index is 10.8. The van der Waals surface area contributed by atoms with Crippen LogP contribution >= 0.6 is 11.6 Å². The summed E-state index contributed by atoms with van der Waals surface area (Å²) >= 11 is 5.99. The quantitative estimate of drug-likeness (QED) is 0.631. The molecule has 84 valence electrons. The van der Waals surface area contributed by atoms with Crippen molar-refractivity contribution in [3.63, 3.8) is 0 Å². The SMILES string of the molecule is C=CCNc1nc(C2CC2)nc(C=O)c1Cl. The molecule has 0 saturated heterocycles. The number of carbonyl (C=O) groups excluding carboxylic acids is 1. The zero-order chi connectivity index (χ0) is 11.5. The molecule has 0 amide bonds. The molecule has 1 fully saturated rings. The van der Waals surface area contributed by atoms with Crippen LogP contribution in [0.4, 0.5) is 5.82 Å². The summed E-state index contributed by atoms with van der Waals surface area (Å²) in [7, 11) is 0. The van der Waals surface area contributed by atoms with E-state index in [4.69, 9.17) is 11.6 Å². The first kappa shape index (κ1) is 11.1. The highest BCUT2D eigenvalue weighted by Gasteiger charge is 2.28. The van der Waals surface area contributed by atoms with Crippen molar-refractivity contribution < 1.29 is 4.79 Å². The number of hydrogen-bond acceptors (Lipinski definition) is 4. The molecule has 0 bridgehead atoms. The van der Waals surface area contributed by atoms with Gasteiger partial charge in [0.25, 0.3) is 0 Å². The molecular formula is C11H12ClN3O. The molecule has 0 unspecified atom stereocenters. The lowest BCUT2D eigenvalue weighted by molar-refractivity contribution is 0.111. The molecule has 0 atom stereocenters. The molecule has 1 aliphatic rings. The van der Waals surface area contributed by atoms with E-state index in [2.05, 4.69) is 21.9 Å². The van der Waals surface area contributed by atoms with Crippen LogP contribution in [0.15, 0.2) is 12.7 Å². The predicted molar refractivity (Wildman–Crippen MR) is 63.1 cm³/mol. The molecule has 16 heavy (non-hydrogen) atoms. The Labute approximate surface area is 98.7 Å². The second kappa shape index (κ2) is 4.61. The average molecular weight is 238 g/mol. The number of nitrogens with one attached hydrogen (secondary N) is 1. The van der Waals surface area contributed by atoms with E-state index < -0.39 is 0 Å². The van der Waals surface area contributed by atoms with Gasteiger partial charge in [0.15, 0.2) is 6.29 Å². The summed E-state index contributed by atoms with van der Waals surface area (Å²) in [5.41, 5.74) is 0.255. The van der Waals surface area contributed by atoms with E-state index in [1.807, 2.05) is 0 Å². The van der Waals surface area contributed by atoms with Gasteiger partial charge >= 0.3 is 0 Å². The fraction of sp³-hybridized carbons (Fsp3) is 0.364. The fourth-order valence-electron chi connectivity index (χ4n) is 1.37. The lowest BCUT2D eigenvalue weighted by atomic mass is 10.3. The minimum Gasteiger partial charge on any atom is -0.365 e. The van der Waals surface area contributed by atoms with Crippen LogP contribution in [0.25, 0.3) is 0 Å². The van der Waals surface area contributed by atoms with Gasteiger partial charge in [-0.3, -0.25) is 4.79 Å². The Morgan fingerprint density at radius 3 is 2.81 bits per heavy atom. The van der Waals surface area contributed by atoms with Crippen LogP contribution < -0.4 is 5.32 Å². The third-order valence-corrected chi connectivity index (χ3v) is 2.73. The van der Waals surface area contributed by atoms with Gasteiger partial charge in [-0.15, -0.1) is 6.58 Å². The zero-order valence-electron chi connectivity index (χ0n) is 8.74. The lowest BCUT2D eigenvalue weighted by Gasteiger charge is -2.08. The number of aromatic nitrogens is 2. The summed E-state index contributed by atoms with van der Waals surface area (Å²) in [6, 6.07) is 0. The fourth-order valence-corrected chi connectivity index (χ4v) is 1.57. The van der Waals surface area contributed by atoms with Crippen molar-refractivity contribution in [3.8, 4) is 0 Å². The van der Waals surface area contributed by atoms with Crippen LogP contribution in [0.5, 0.6) is 0 Å². The smallest absolute Gasteiger partial charge is 0.170 e. The highest BCUT2D eigenvalue weighted by molar-refractivity contribution is 6.35. The summed E-state index contributed by atoms with van der Waals surface area (Å²) < 4.78 is 0. The van der Waals surface area contributed by atoms with Gasteiger partial charge in [-0.25, -0.2) is 9.97 Å². The molecule has 0 radical (unpaired) electrons. The first-order valence-electron chi connectivity index (χ1n) is 5.13. The second-order valence-electron chi connectivity index (χ2n) is 3.69. The normalized spacial score (nSPS) is 14.6. The van der Waals surface area contributed by atoms with Crippen molar-refractivity contribution in [3.05, 3.63) is 29.2 Å². The van der Waals surface area contributed by atoms with Crippen molar-refractivity contribution in [1.29, 1.82) is 0 Å². The van der Waals surface area contributed by atoms with Crippen LogP contribution in [0.2, 0.25) is 5.02 Å². The van der Waals surface area contributed by atoms with E-state index in [1.54, 1.807) is 6.08 Å². The van der Waals surface area contributed by atoms with Crippen LogP contribution in [0.1, 0.15) is 35.1 Å². The molecule has 0 aromatic carbocycles. The Bertz CT molecular complexity index is 429. The highest BCUT2D eigenvalue weighted by atomic mass is 35.5. The van der Waals surface area contributed by atoms with Gasteiger partial charge in [-0.2, -0.15) is 0 Å². The van der Waals surface area contributed by atoms with E-state index in [-0.39, 0.29) is 10.7 Å². The Morgan fingerprint density at radius 2 is 2.25 bits per heavy atom. The van der Waals surface area contributed by atoms with E-state index in [9.17, 15) is 4.79 Å². The topological polar surface area (TPSA) is 54.9 Å². The molecule has 0 spiro atoms. The van der Waals surface area contributed by atoms with Crippen molar-refractivity contribution in [2.45, 2.75) is 18.8 Å². The number of halogens is 1. The summed E-state index contributed by atoms with van der Waals surface area (Å²) in [5.74, 6) is 1.61. The number of nitrogens with zero attached hydrogens (tertiary/aromatic N) is 2. The lowest BCUT2D eigenvalue weighted by Crippen LogP contribution is -2.07. The Hall–Kier alpha value is -1.42. The van der Waals surface area contributed by atoms with Gasteiger partial charge in [0, 0.05) is 12.5 Å². The molecule has 5 heteroatoms. The number of carbonyl (C=O) groups is 1. The van der Waals surface area contributed by atoms with E-state index in [0.29, 0.717) is 30.4 Å². The Morgan fingerprint density at radius 1 is 1.50 bits per heavy atom. The van der Waals surface area contributed by atoms with Crippen molar-refractivity contribution in [1.82, 2.24) is 9.97 Å². The van der Waals surface area contributed by atoms with E-state index in [1.165, 1.54) is 0 Å². The third-order valence-electron chi connectivity index (χ3n) is 2.36. The number of hydrogen-bond donors (Lipinski definition) is 1. The standard InChI is InChI=1S/C11H12ClN3O/c1-2-5-13-11-9(12)8(6-16)14-10(15-11)7-3-4-7/h2,6-7H,1,3-5H2,(H,13,14,15). The maximum Gasteiger partial charge on any atom is 0.170 e. The van der Waals surface area contributed by atoms with Crippen LogP contribution in [-0.4, -0.2) is 22.8 Å². The highest BCUT2D eigenvalue weighted by Crippen LogP contribution is 2.39. The van der Waals surface area contributed by atoms with Crippen LogP contribution in [0, 0.1) is 0 Å². The largest absolute Gasteiger partial charge is 0.365 e. The van der Waals surface area contributed by atoms with Crippen LogP contribution in [-0.2, 0) is 0 Å². The molecular weight excluding hydrogens is 226 g/mol. The average Bonchev–Trinajstić information content (AvgIpc) is 3.11. The molecule has 4 nitrogen and oxygen atoms in total. The number of aldehydes is 1. The van der Waals surface area contributed by atoms with Crippen molar-refractivity contribution in [2.75, 3.05) is 11.9 Å². The van der Waals surface area contributed by atoms with Crippen LogP contribution in [0.3, 0.4) is 0 Å². The zero-order valence-corrected chi connectivity index (χ0v) is 9.50. The summed E-state index contributed by atoms with van der Waals surface area (Å²) in [6.45, 7) is 4.15. The molecule has 1 aliphatic carbocycles. The van der Waals surface area contributed by atoms with Crippen molar-refractivity contribution in [2.24, 2.45) is 0 Å². The first-order valence-corrected chi connectivity index (χ1v) is 5.51. The number of rotatable bonds is 5. The summed E-state index contributed by atoms with van der Waals surface area (Å²) in [5, 5.41) is 3.28. The molecule has 1 aromatic heterocycles. The third kappa shape index (κ3) is 2.22. The minimum atomic E-state index is 0.255. The van der Waals surface area contributed by atoms with E-state index >= 15 is 0 Å². The molecule has 2 rings (SSSR count). The van der Waals surface area contributed by atoms with Gasteiger partial charge < -0.3 is 5.32 Å². The molecule has 1 saturated carbocycles. The predicted octanol–water partition coefficient (Wildman–Crippen LogP) is 2.42. The molecule has 1 heterocycles. The number of anilines is 1. The first-order chi connectivity index (χ1) is 7.76. The monoisotopic (exact) mass is 237 g/mol. The second-order valence-corrected chi connectivity index (χ2v) is 4.07. The van der Waals surface area contributed by atoms with Gasteiger partial charge in [0.1, 0.15) is 22.4 Å². The Balaban J connectivity index is 2.35.